The molecule has 1 aliphatic heterocycles. The van der Waals surface area contributed by atoms with Gasteiger partial charge < -0.3 is 15.4 Å². The van der Waals surface area contributed by atoms with Gasteiger partial charge in [0.15, 0.2) is 11.5 Å². The highest BCUT2D eigenvalue weighted by Gasteiger charge is 2.30. The van der Waals surface area contributed by atoms with E-state index in [1.54, 1.807) is 23.9 Å². The molecule has 0 spiro atoms. The Labute approximate surface area is 151 Å². The predicted octanol–water partition coefficient (Wildman–Crippen LogP) is 2.23. The number of nitrogens with zero attached hydrogens (tertiary/aromatic N) is 4. The van der Waals surface area contributed by atoms with Crippen LogP contribution in [-0.2, 0) is 4.74 Å². The number of aromatic nitrogens is 3. The summed E-state index contributed by atoms with van der Waals surface area (Å²) in [7, 11) is 1.66. The molecule has 1 saturated heterocycles. The van der Waals surface area contributed by atoms with Crippen LogP contribution in [0.4, 0.5) is 5.69 Å². The highest BCUT2D eigenvalue weighted by Crippen LogP contribution is 2.24. The van der Waals surface area contributed by atoms with E-state index < -0.39 is 0 Å². The maximum absolute atomic E-state index is 13.0. The van der Waals surface area contributed by atoms with E-state index in [0.29, 0.717) is 29.3 Å². The van der Waals surface area contributed by atoms with E-state index in [4.69, 9.17) is 10.5 Å². The summed E-state index contributed by atoms with van der Waals surface area (Å²) in [6.07, 6.45) is 3.65. The zero-order valence-corrected chi connectivity index (χ0v) is 14.6. The maximum Gasteiger partial charge on any atom is 0.255 e. The molecule has 3 aromatic rings. The number of amides is 1. The third-order valence-electron chi connectivity index (χ3n) is 4.74. The maximum atomic E-state index is 13.0. The SMILES string of the molecule is COC[C@H]1CCCN1C(=O)c1cc(N)c2nc(-c3ccccc3)nn2c1. The molecule has 0 radical (unpaired) electrons. The van der Waals surface area contributed by atoms with E-state index >= 15 is 0 Å². The molecule has 2 aromatic heterocycles. The molecule has 0 bridgehead atoms. The van der Waals surface area contributed by atoms with Gasteiger partial charge in [0, 0.05) is 25.4 Å². The molecule has 1 aliphatic rings. The van der Waals surface area contributed by atoms with Crippen LogP contribution in [0.3, 0.4) is 0 Å². The average Bonchev–Trinajstić information content (AvgIpc) is 3.29. The fraction of sp³-hybridized carbons (Fsp3) is 0.316. The molecular formula is C19H21N5O2. The summed E-state index contributed by atoms with van der Waals surface area (Å²) in [4.78, 5) is 19.3. The van der Waals surface area contributed by atoms with E-state index in [2.05, 4.69) is 10.1 Å². The smallest absolute Gasteiger partial charge is 0.255 e. The van der Waals surface area contributed by atoms with Gasteiger partial charge in [0.05, 0.1) is 23.9 Å². The van der Waals surface area contributed by atoms with Crippen LogP contribution in [0.15, 0.2) is 42.6 Å². The van der Waals surface area contributed by atoms with Gasteiger partial charge in [-0.3, -0.25) is 4.79 Å². The average molecular weight is 351 g/mol. The minimum atomic E-state index is -0.0464. The fourth-order valence-electron chi connectivity index (χ4n) is 3.47. The highest BCUT2D eigenvalue weighted by molar-refractivity contribution is 5.96. The molecule has 2 N–H and O–H groups in total. The van der Waals surface area contributed by atoms with Crippen LogP contribution >= 0.6 is 0 Å². The first-order valence-electron chi connectivity index (χ1n) is 8.68. The first-order chi connectivity index (χ1) is 12.7. The molecule has 0 unspecified atom stereocenters. The number of methoxy groups -OCH3 is 1. The van der Waals surface area contributed by atoms with Gasteiger partial charge in [-0.2, -0.15) is 0 Å². The summed E-state index contributed by atoms with van der Waals surface area (Å²) < 4.78 is 6.83. The van der Waals surface area contributed by atoms with Crippen LogP contribution in [0, 0.1) is 0 Å². The van der Waals surface area contributed by atoms with E-state index in [1.165, 1.54) is 0 Å². The van der Waals surface area contributed by atoms with E-state index in [1.807, 2.05) is 35.2 Å². The number of hydrogen-bond acceptors (Lipinski definition) is 5. The first-order valence-corrected chi connectivity index (χ1v) is 8.68. The number of benzene rings is 1. The number of fused-ring (bicyclic) bond motifs is 1. The van der Waals surface area contributed by atoms with Gasteiger partial charge in [-0.1, -0.05) is 30.3 Å². The van der Waals surface area contributed by atoms with Crippen molar-refractivity contribution in [3.05, 3.63) is 48.2 Å². The Bertz CT molecular complexity index is 938. The van der Waals surface area contributed by atoms with Crippen molar-refractivity contribution in [2.45, 2.75) is 18.9 Å². The quantitative estimate of drug-likeness (QED) is 0.779. The van der Waals surface area contributed by atoms with Crippen molar-refractivity contribution in [3.63, 3.8) is 0 Å². The van der Waals surface area contributed by atoms with Crippen molar-refractivity contribution in [1.29, 1.82) is 0 Å². The van der Waals surface area contributed by atoms with Gasteiger partial charge in [0.25, 0.3) is 5.91 Å². The molecule has 3 heterocycles. The van der Waals surface area contributed by atoms with Crippen molar-refractivity contribution in [3.8, 4) is 11.4 Å². The summed E-state index contributed by atoms with van der Waals surface area (Å²) in [6.45, 7) is 1.28. The normalized spacial score (nSPS) is 17.1. The second-order valence-electron chi connectivity index (χ2n) is 6.50. The lowest BCUT2D eigenvalue weighted by Crippen LogP contribution is -2.38. The molecule has 0 saturated carbocycles. The first kappa shape index (κ1) is 16.5. The Kier molecular flexibility index (Phi) is 4.30. The molecule has 1 aromatic carbocycles. The number of ether oxygens (including phenoxy) is 1. The number of rotatable bonds is 4. The molecule has 7 heteroatoms. The van der Waals surface area contributed by atoms with Crippen LogP contribution < -0.4 is 5.73 Å². The van der Waals surface area contributed by atoms with Gasteiger partial charge in [-0.05, 0) is 18.9 Å². The molecule has 7 nitrogen and oxygen atoms in total. The Morgan fingerprint density at radius 1 is 1.35 bits per heavy atom. The van der Waals surface area contributed by atoms with Crippen molar-refractivity contribution < 1.29 is 9.53 Å². The largest absolute Gasteiger partial charge is 0.396 e. The lowest BCUT2D eigenvalue weighted by atomic mass is 10.2. The summed E-state index contributed by atoms with van der Waals surface area (Å²) in [5.74, 6) is 0.537. The minimum Gasteiger partial charge on any atom is -0.396 e. The lowest BCUT2D eigenvalue weighted by Gasteiger charge is -2.24. The zero-order valence-electron chi connectivity index (χ0n) is 14.6. The Balaban J connectivity index is 1.69. The second-order valence-corrected chi connectivity index (χ2v) is 6.50. The third-order valence-corrected chi connectivity index (χ3v) is 4.74. The number of carbonyl (C=O) groups is 1. The standard InChI is InChI=1S/C19H21N5O2/c1-26-12-15-8-5-9-23(15)19(25)14-10-16(20)18-21-17(22-24(18)11-14)13-6-3-2-4-7-13/h2-4,6-7,10-11,15H,5,8-9,12,20H2,1H3/t15-/m1/s1. The fourth-order valence-corrected chi connectivity index (χ4v) is 3.47. The Morgan fingerprint density at radius 2 is 2.15 bits per heavy atom. The number of nitrogen functional groups attached to an aromatic ring is 1. The number of hydrogen-bond donors (Lipinski definition) is 1. The van der Waals surface area contributed by atoms with E-state index in [0.717, 1.165) is 24.9 Å². The monoisotopic (exact) mass is 351 g/mol. The lowest BCUT2D eigenvalue weighted by molar-refractivity contribution is 0.0630. The highest BCUT2D eigenvalue weighted by atomic mass is 16.5. The molecule has 26 heavy (non-hydrogen) atoms. The van der Waals surface area contributed by atoms with Crippen molar-refractivity contribution in [2.75, 3.05) is 26.0 Å². The van der Waals surface area contributed by atoms with Gasteiger partial charge in [0.1, 0.15) is 0 Å². The molecule has 1 fully saturated rings. The number of pyridine rings is 1. The van der Waals surface area contributed by atoms with Crippen LogP contribution in [0.2, 0.25) is 0 Å². The van der Waals surface area contributed by atoms with Crippen molar-refractivity contribution in [1.82, 2.24) is 19.5 Å². The molecular weight excluding hydrogens is 330 g/mol. The summed E-state index contributed by atoms with van der Waals surface area (Å²) in [5, 5.41) is 4.50. The van der Waals surface area contributed by atoms with Crippen molar-refractivity contribution >= 4 is 17.2 Å². The van der Waals surface area contributed by atoms with Gasteiger partial charge in [0.2, 0.25) is 0 Å². The van der Waals surface area contributed by atoms with Gasteiger partial charge >= 0.3 is 0 Å². The third kappa shape index (κ3) is 2.90. The summed E-state index contributed by atoms with van der Waals surface area (Å²) in [6, 6.07) is 11.5. The Morgan fingerprint density at radius 3 is 2.92 bits per heavy atom. The van der Waals surface area contributed by atoms with Crippen molar-refractivity contribution in [2.24, 2.45) is 0 Å². The van der Waals surface area contributed by atoms with Crippen LogP contribution in [0.5, 0.6) is 0 Å². The zero-order chi connectivity index (χ0) is 18.1. The number of anilines is 1. The van der Waals surface area contributed by atoms with Crippen LogP contribution in [-0.4, -0.2) is 51.7 Å². The van der Waals surface area contributed by atoms with Crippen LogP contribution in [0.1, 0.15) is 23.2 Å². The summed E-state index contributed by atoms with van der Waals surface area (Å²) >= 11 is 0. The second kappa shape index (κ2) is 6.76. The molecule has 134 valence electrons. The van der Waals surface area contributed by atoms with Gasteiger partial charge in [-0.15, -0.1) is 5.10 Å². The molecule has 4 rings (SSSR count). The predicted molar refractivity (Wildman–Crippen MR) is 98.8 cm³/mol. The summed E-state index contributed by atoms with van der Waals surface area (Å²) in [5.41, 5.74) is 8.57. The topological polar surface area (TPSA) is 85.8 Å². The molecule has 1 atom stereocenters. The van der Waals surface area contributed by atoms with E-state index in [9.17, 15) is 4.79 Å². The number of carbonyl (C=O) groups excluding carboxylic acids is 1. The van der Waals surface area contributed by atoms with Gasteiger partial charge in [-0.25, -0.2) is 9.50 Å². The van der Waals surface area contributed by atoms with E-state index in [-0.39, 0.29) is 11.9 Å². The molecule has 0 aliphatic carbocycles. The minimum absolute atomic E-state index is 0.0464. The molecule has 1 amide bonds. The number of nitrogens with two attached hydrogens (primary N) is 1. The van der Waals surface area contributed by atoms with Crippen LogP contribution in [0.25, 0.3) is 17.0 Å². The Hall–Kier alpha value is -2.93. The number of likely N-dealkylation sites (tertiary alicyclic amines) is 1.